The highest BCUT2D eigenvalue weighted by Gasteiger charge is 2.13. The van der Waals surface area contributed by atoms with Crippen LogP contribution in [0.15, 0.2) is 6.33 Å². The summed E-state index contributed by atoms with van der Waals surface area (Å²) in [7, 11) is 0. The van der Waals surface area contributed by atoms with E-state index in [0.29, 0.717) is 12.0 Å². The van der Waals surface area contributed by atoms with E-state index in [4.69, 9.17) is 5.26 Å². The second-order valence-electron chi connectivity index (χ2n) is 3.43. The lowest BCUT2D eigenvalue weighted by atomic mass is 10.1. The van der Waals surface area contributed by atoms with Crippen LogP contribution in [0, 0.1) is 11.3 Å². The molecule has 0 radical (unpaired) electrons. The molecule has 78 valence electrons. The summed E-state index contributed by atoms with van der Waals surface area (Å²) in [6, 6.07) is 2.23. The van der Waals surface area contributed by atoms with E-state index >= 15 is 0 Å². The van der Waals surface area contributed by atoms with Crippen LogP contribution in [0.2, 0.25) is 0 Å². The Labute approximate surface area is 87.8 Å². The van der Waals surface area contributed by atoms with Crippen LogP contribution in [0.1, 0.15) is 18.7 Å². The van der Waals surface area contributed by atoms with Gasteiger partial charge in [0.15, 0.2) is 0 Å². The largest absolute Gasteiger partial charge is 0.350 e. The molecule has 0 bridgehead atoms. The summed E-state index contributed by atoms with van der Waals surface area (Å²) in [6.45, 7) is 1.98. The van der Waals surface area contributed by atoms with Gasteiger partial charge in [-0.05, 0) is 19.4 Å². The Kier molecular flexibility index (Phi) is 3.05. The van der Waals surface area contributed by atoms with E-state index in [1.54, 1.807) is 0 Å². The minimum absolute atomic E-state index is 0.149. The van der Waals surface area contributed by atoms with Gasteiger partial charge in [0.05, 0.1) is 0 Å². The lowest BCUT2D eigenvalue weighted by Crippen LogP contribution is -2.38. The average Bonchev–Trinajstić information content (AvgIpc) is 2.31. The van der Waals surface area contributed by atoms with E-state index in [9.17, 15) is 0 Å². The molecule has 6 heteroatoms. The zero-order valence-electron chi connectivity index (χ0n) is 8.27. The Bertz CT molecular complexity index is 365. The maximum Gasteiger partial charge on any atom is 0.236 e. The van der Waals surface area contributed by atoms with Gasteiger partial charge in [-0.15, -0.1) is 0 Å². The van der Waals surface area contributed by atoms with Gasteiger partial charge in [0.1, 0.15) is 12.4 Å². The molecule has 1 fully saturated rings. The molecule has 1 aromatic rings. The number of piperidine rings is 1. The fraction of sp³-hybridized carbons (Fsp3) is 0.556. The van der Waals surface area contributed by atoms with Crippen molar-refractivity contribution < 1.29 is 0 Å². The van der Waals surface area contributed by atoms with Crippen LogP contribution in [0.4, 0.5) is 5.95 Å². The highest BCUT2D eigenvalue weighted by molar-refractivity contribution is 5.27. The first-order chi connectivity index (χ1) is 7.38. The highest BCUT2D eigenvalue weighted by Crippen LogP contribution is 2.07. The molecule has 1 atom stereocenters. The Balaban J connectivity index is 2.00. The molecule has 0 saturated carbocycles. The van der Waals surface area contributed by atoms with Crippen molar-refractivity contribution in [3.05, 3.63) is 12.2 Å². The normalized spacial score (nSPS) is 20.6. The summed E-state index contributed by atoms with van der Waals surface area (Å²) < 4.78 is 0. The highest BCUT2D eigenvalue weighted by atomic mass is 15.2. The number of nitriles is 1. The third-order valence-electron chi connectivity index (χ3n) is 2.30. The number of nitrogens with one attached hydrogen (secondary N) is 2. The van der Waals surface area contributed by atoms with E-state index in [-0.39, 0.29) is 5.82 Å². The first kappa shape index (κ1) is 9.80. The second-order valence-corrected chi connectivity index (χ2v) is 3.43. The zero-order chi connectivity index (χ0) is 10.5. The van der Waals surface area contributed by atoms with Crippen LogP contribution in [-0.4, -0.2) is 34.1 Å². The molecule has 0 spiro atoms. The van der Waals surface area contributed by atoms with Crippen LogP contribution in [0.25, 0.3) is 0 Å². The lowest BCUT2D eigenvalue weighted by Gasteiger charge is -2.23. The third kappa shape index (κ3) is 2.60. The van der Waals surface area contributed by atoms with Crippen molar-refractivity contribution >= 4 is 5.95 Å². The summed E-state index contributed by atoms with van der Waals surface area (Å²) in [6.07, 6.45) is 3.60. The summed E-state index contributed by atoms with van der Waals surface area (Å²) in [5.74, 6) is 0.631. The number of rotatable bonds is 2. The molecule has 1 aliphatic heterocycles. The van der Waals surface area contributed by atoms with Gasteiger partial charge >= 0.3 is 0 Å². The molecule has 0 unspecified atom stereocenters. The van der Waals surface area contributed by atoms with Crippen molar-refractivity contribution in [1.82, 2.24) is 20.3 Å². The maximum absolute atomic E-state index is 8.62. The van der Waals surface area contributed by atoms with Crippen molar-refractivity contribution in [2.24, 2.45) is 0 Å². The Morgan fingerprint density at radius 3 is 3.20 bits per heavy atom. The molecule has 2 N–H and O–H groups in total. The molecule has 2 rings (SSSR count). The Morgan fingerprint density at radius 1 is 1.53 bits per heavy atom. The molecule has 1 aromatic heterocycles. The van der Waals surface area contributed by atoms with Crippen molar-refractivity contribution in [3.8, 4) is 6.07 Å². The van der Waals surface area contributed by atoms with Crippen LogP contribution >= 0.6 is 0 Å². The molecule has 15 heavy (non-hydrogen) atoms. The number of anilines is 1. The van der Waals surface area contributed by atoms with E-state index in [0.717, 1.165) is 25.9 Å². The molecule has 6 nitrogen and oxygen atoms in total. The first-order valence-corrected chi connectivity index (χ1v) is 4.95. The predicted octanol–water partition coefficient (Wildman–Crippen LogP) is -0.0928. The number of nitrogens with zero attached hydrogens (tertiary/aromatic N) is 4. The predicted molar refractivity (Wildman–Crippen MR) is 54.1 cm³/mol. The maximum atomic E-state index is 8.62. The van der Waals surface area contributed by atoms with Gasteiger partial charge in [-0.2, -0.15) is 10.2 Å². The van der Waals surface area contributed by atoms with Crippen LogP contribution < -0.4 is 10.6 Å². The third-order valence-corrected chi connectivity index (χ3v) is 2.30. The quantitative estimate of drug-likeness (QED) is 0.700. The van der Waals surface area contributed by atoms with Crippen LogP contribution in [0.5, 0.6) is 0 Å². The van der Waals surface area contributed by atoms with Crippen LogP contribution in [-0.2, 0) is 0 Å². The van der Waals surface area contributed by atoms with Gasteiger partial charge in [0, 0.05) is 12.6 Å². The van der Waals surface area contributed by atoms with Gasteiger partial charge in [-0.25, -0.2) is 9.97 Å². The minimum atomic E-state index is 0.149. The van der Waals surface area contributed by atoms with Crippen molar-refractivity contribution in [2.45, 2.75) is 18.9 Å². The molecule has 1 saturated heterocycles. The molecular weight excluding hydrogens is 192 g/mol. The Hall–Kier alpha value is -1.74. The molecule has 1 aliphatic rings. The number of hydrogen-bond acceptors (Lipinski definition) is 6. The SMILES string of the molecule is N#Cc1ncnc(N[C@@H]2CCCNC2)n1. The summed E-state index contributed by atoms with van der Waals surface area (Å²) in [5, 5.41) is 15.1. The van der Waals surface area contributed by atoms with E-state index in [1.165, 1.54) is 6.33 Å². The monoisotopic (exact) mass is 204 g/mol. The van der Waals surface area contributed by atoms with E-state index in [1.807, 2.05) is 6.07 Å². The summed E-state index contributed by atoms with van der Waals surface area (Å²) in [4.78, 5) is 11.6. The number of hydrogen-bond donors (Lipinski definition) is 2. The molecule has 2 heterocycles. The van der Waals surface area contributed by atoms with Crippen LogP contribution in [0.3, 0.4) is 0 Å². The fourth-order valence-corrected chi connectivity index (χ4v) is 1.58. The standard InChI is InChI=1S/C9H12N6/c10-4-8-12-6-13-9(15-8)14-7-2-1-3-11-5-7/h6-7,11H,1-3,5H2,(H,12,13,14,15)/t7-/m1/s1. The summed E-state index contributed by atoms with van der Waals surface area (Å²) >= 11 is 0. The van der Waals surface area contributed by atoms with E-state index < -0.39 is 0 Å². The van der Waals surface area contributed by atoms with Crippen molar-refractivity contribution in [3.63, 3.8) is 0 Å². The van der Waals surface area contributed by atoms with Gasteiger partial charge in [-0.1, -0.05) is 0 Å². The molecule has 0 aromatic carbocycles. The van der Waals surface area contributed by atoms with Gasteiger partial charge in [0.2, 0.25) is 11.8 Å². The molecule has 0 aliphatic carbocycles. The smallest absolute Gasteiger partial charge is 0.236 e. The van der Waals surface area contributed by atoms with Gasteiger partial charge < -0.3 is 10.6 Å². The minimum Gasteiger partial charge on any atom is -0.350 e. The van der Waals surface area contributed by atoms with E-state index in [2.05, 4.69) is 25.6 Å². The lowest BCUT2D eigenvalue weighted by molar-refractivity contribution is 0.477. The Morgan fingerprint density at radius 2 is 2.47 bits per heavy atom. The fourth-order valence-electron chi connectivity index (χ4n) is 1.58. The van der Waals surface area contributed by atoms with Gasteiger partial charge in [0.25, 0.3) is 0 Å². The van der Waals surface area contributed by atoms with Crippen molar-refractivity contribution in [1.29, 1.82) is 5.26 Å². The molecular formula is C9H12N6. The summed E-state index contributed by atoms with van der Waals surface area (Å²) in [5.41, 5.74) is 0. The second kappa shape index (κ2) is 4.66. The first-order valence-electron chi connectivity index (χ1n) is 4.95. The number of aromatic nitrogens is 3. The van der Waals surface area contributed by atoms with Crippen molar-refractivity contribution in [2.75, 3.05) is 18.4 Å². The molecule has 0 amide bonds. The van der Waals surface area contributed by atoms with Gasteiger partial charge in [-0.3, -0.25) is 0 Å². The topological polar surface area (TPSA) is 86.5 Å². The zero-order valence-corrected chi connectivity index (χ0v) is 8.27. The average molecular weight is 204 g/mol.